The molecule has 3 aromatic rings. The second kappa shape index (κ2) is 8.96. The average molecular weight is 466 g/mol. The minimum Gasteiger partial charge on any atom is -0.378 e. The Balaban J connectivity index is 1.49. The van der Waals surface area contributed by atoms with Crippen molar-refractivity contribution in [2.24, 2.45) is 5.10 Å². The number of aromatic nitrogens is 2. The minimum atomic E-state index is -0.466. The molecule has 8 nitrogen and oxygen atoms in total. The Morgan fingerprint density at radius 3 is 2.67 bits per heavy atom. The van der Waals surface area contributed by atoms with E-state index in [1.54, 1.807) is 12.1 Å². The first-order valence-electron chi connectivity index (χ1n) is 11.1. The van der Waals surface area contributed by atoms with Crippen molar-refractivity contribution < 1.29 is 14.3 Å². The van der Waals surface area contributed by atoms with Crippen molar-refractivity contribution in [2.45, 2.75) is 26.2 Å². The number of rotatable bonds is 6. The lowest BCUT2D eigenvalue weighted by atomic mass is 9.93. The van der Waals surface area contributed by atoms with E-state index < -0.39 is 11.8 Å². The van der Waals surface area contributed by atoms with Gasteiger partial charge in [-0.15, -0.1) is 0 Å². The van der Waals surface area contributed by atoms with Gasteiger partial charge in [-0.25, -0.2) is 4.98 Å². The van der Waals surface area contributed by atoms with Crippen LogP contribution in [0.5, 0.6) is 0 Å². The fraction of sp³-hybridized carbons (Fsp3) is 0.333. The molecule has 0 aliphatic carbocycles. The number of nitrogens with zero attached hydrogens (tertiary/aromatic N) is 4. The molecule has 1 fully saturated rings. The molecule has 0 bridgehead atoms. The fourth-order valence-electron chi connectivity index (χ4n) is 4.33. The van der Waals surface area contributed by atoms with Crippen LogP contribution < -0.4 is 4.90 Å². The number of H-pyrrole nitrogens is 1. The van der Waals surface area contributed by atoms with Gasteiger partial charge < -0.3 is 14.6 Å². The Labute approximate surface area is 196 Å². The summed E-state index contributed by atoms with van der Waals surface area (Å²) in [4.78, 5) is 36.2. The molecule has 2 aliphatic rings. The second-order valence-electron chi connectivity index (χ2n) is 8.11. The molecule has 2 aromatic carbocycles. The number of aromatic amines is 1. The molecule has 0 saturated carbocycles. The van der Waals surface area contributed by atoms with Crippen LogP contribution in [-0.2, 0) is 11.2 Å². The average Bonchev–Trinajstić information content (AvgIpc) is 3.20. The molecule has 9 heteroatoms. The number of benzene rings is 2. The first kappa shape index (κ1) is 21.6. The van der Waals surface area contributed by atoms with Gasteiger partial charge in [0, 0.05) is 36.0 Å². The summed E-state index contributed by atoms with van der Waals surface area (Å²) < 4.78 is 5.46. The maximum Gasteiger partial charge on any atom is 0.282 e. The van der Waals surface area contributed by atoms with Gasteiger partial charge in [0.15, 0.2) is 0 Å². The normalized spacial score (nSPS) is 16.4. The second-order valence-corrected chi connectivity index (χ2v) is 8.49. The number of ether oxygens (including phenoxy) is 1. The third-order valence-corrected chi connectivity index (χ3v) is 6.30. The summed E-state index contributed by atoms with van der Waals surface area (Å²) in [5.41, 5.74) is 2.30. The van der Waals surface area contributed by atoms with Gasteiger partial charge in [0.05, 0.1) is 30.6 Å². The molecule has 0 atom stereocenters. The van der Waals surface area contributed by atoms with E-state index in [0.29, 0.717) is 40.6 Å². The van der Waals surface area contributed by atoms with E-state index in [1.807, 2.05) is 18.2 Å². The van der Waals surface area contributed by atoms with Crippen LogP contribution in [0.4, 0.5) is 5.69 Å². The SMILES string of the molecule is CCCCc1nc(/C=N/N2C(=O)c3cccc4c(N5CCOCC5)ccc(c34)C2=O)c(Cl)[nH]1. The number of imidazole rings is 1. The van der Waals surface area contributed by atoms with Crippen molar-refractivity contribution >= 4 is 46.1 Å². The van der Waals surface area contributed by atoms with Crippen LogP contribution in [0.25, 0.3) is 10.8 Å². The third kappa shape index (κ3) is 3.89. The highest BCUT2D eigenvalue weighted by atomic mass is 35.5. The Morgan fingerprint density at radius 2 is 1.91 bits per heavy atom. The molecule has 2 amide bonds. The molecular weight excluding hydrogens is 442 g/mol. The molecule has 3 heterocycles. The first-order chi connectivity index (χ1) is 16.1. The van der Waals surface area contributed by atoms with Crippen LogP contribution >= 0.6 is 11.6 Å². The molecule has 170 valence electrons. The lowest BCUT2D eigenvalue weighted by Crippen LogP contribution is -2.38. The molecule has 2 aliphatic heterocycles. The van der Waals surface area contributed by atoms with Crippen molar-refractivity contribution in [3.05, 3.63) is 58.1 Å². The third-order valence-electron chi connectivity index (χ3n) is 6.01. The molecule has 5 rings (SSSR count). The minimum absolute atomic E-state index is 0.333. The zero-order valence-electron chi connectivity index (χ0n) is 18.3. The van der Waals surface area contributed by atoms with Crippen molar-refractivity contribution in [1.82, 2.24) is 15.0 Å². The highest BCUT2D eigenvalue weighted by Gasteiger charge is 2.34. The zero-order valence-corrected chi connectivity index (χ0v) is 19.1. The maximum atomic E-state index is 13.3. The highest BCUT2D eigenvalue weighted by Crippen LogP contribution is 2.36. The Morgan fingerprint density at radius 1 is 1.15 bits per heavy atom. The number of halogens is 1. The predicted octanol–water partition coefficient (Wildman–Crippen LogP) is 4.03. The maximum absolute atomic E-state index is 13.3. The van der Waals surface area contributed by atoms with Crippen LogP contribution in [0, 0.1) is 0 Å². The van der Waals surface area contributed by atoms with E-state index in [2.05, 4.69) is 26.9 Å². The largest absolute Gasteiger partial charge is 0.378 e. The number of carbonyl (C=O) groups is 2. The van der Waals surface area contributed by atoms with Gasteiger partial charge >= 0.3 is 0 Å². The number of amides is 2. The van der Waals surface area contributed by atoms with E-state index in [9.17, 15) is 9.59 Å². The number of aryl methyl sites for hydroxylation is 1. The molecule has 33 heavy (non-hydrogen) atoms. The van der Waals surface area contributed by atoms with Gasteiger partial charge in [0.25, 0.3) is 11.8 Å². The van der Waals surface area contributed by atoms with Gasteiger partial charge in [-0.3, -0.25) is 9.59 Å². The zero-order chi connectivity index (χ0) is 22.9. The number of nitrogens with one attached hydrogen (secondary N) is 1. The first-order valence-corrected chi connectivity index (χ1v) is 11.5. The van der Waals surface area contributed by atoms with Crippen LogP contribution in [0.2, 0.25) is 5.15 Å². The number of unbranched alkanes of at least 4 members (excludes halogenated alkanes) is 1. The number of hydrogen-bond donors (Lipinski definition) is 1. The number of imide groups is 1. The molecule has 0 radical (unpaired) electrons. The Hall–Kier alpha value is -3.23. The Kier molecular flexibility index (Phi) is 5.86. The van der Waals surface area contributed by atoms with Crippen molar-refractivity contribution in [2.75, 3.05) is 31.2 Å². The predicted molar refractivity (Wildman–Crippen MR) is 127 cm³/mol. The molecule has 0 unspecified atom stereocenters. The molecule has 1 N–H and O–H groups in total. The lowest BCUT2D eigenvalue weighted by Gasteiger charge is -2.31. The van der Waals surface area contributed by atoms with Crippen molar-refractivity contribution in [1.29, 1.82) is 0 Å². The van der Waals surface area contributed by atoms with Gasteiger partial charge in [0.1, 0.15) is 16.7 Å². The quantitative estimate of drug-likeness (QED) is 0.438. The molecule has 1 saturated heterocycles. The smallest absolute Gasteiger partial charge is 0.282 e. The topological polar surface area (TPSA) is 90.9 Å². The summed E-state index contributed by atoms with van der Waals surface area (Å²) in [6.07, 6.45) is 4.15. The van der Waals surface area contributed by atoms with Crippen LogP contribution in [0.1, 0.15) is 52.0 Å². The number of carbonyl (C=O) groups excluding carboxylic acids is 2. The summed E-state index contributed by atoms with van der Waals surface area (Å²) in [5, 5.41) is 6.96. The fourth-order valence-corrected chi connectivity index (χ4v) is 4.53. The number of hydrazone groups is 1. The number of morpholine rings is 1. The summed E-state index contributed by atoms with van der Waals surface area (Å²) in [7, 11) is 0. The van der Waals surface area contributed by atoms with Crippen molar-refractivity contribution in [3.63, 3.8) is 0 Å². The monoisotopic (exact) mass is 465 g/mol. The van der Waals surface area contributed by atoms with Crippen molar-refractivity contribution in [3.8, 4) is 0 Å². The number of anilines is 1. The van der Waals surface area contributed by atoms with Gasteiger partial charge in [-0.05, 0) is 24.6 Å². The Bertz CT molecular complexity index is 1240. The molecule has 1 aromatic heterocycles. The summed E-state index contributed by atoms with van der Waals surface area (Å²) in [6, 6.07) is 9.24. The lowest BCUT2D eigenvalue weighted by molar-refractivity contribution is 0.0616. The van der Waals surface area contributed by atoms with Crippen LogP contribution in [0.15, 0.2) is 35.4 Å². The van der Waals surface area contributed by atoms with Crippen LogP contribution in [0.3, 0.4) is 0 Å². The van der Waals surface area contributed by atoms with E-state index >= 15 is 0 Å². The van der Waals surface area contributed by atoms with E-state index in [-0.39, 0.29) is 0 Å². The highest BCUT2D eigenvalue weighted by molar-refractivity contribution is 6.32. The summed E-state index contributed by atoms with van der Waals surface area (Å²) >= 11 is 6.24. The molecular formula is C24H24ClN5O3. The standard InChI is InChI=1S/C24H24ClN5O3/c1-2-3-7-20-27-18(22(25)28-20)14-26-30-23(31)16-6-4-5-15-19(29-10-12-33-13-11-29)9-8-17(21(15)16)24(30)32/h4-6,8-9,14H,2-3,7,10-13H2,1H3,(H,27,28)/b26-14+. The molecule has 0 spiro atoms. The van der Waals surface area contributed by atoms with E-state index in [4.69, 9.17) is 16.3 Å². The van der Waals surface area contributed by atoms with Crippen LogP contribution in [-0.4, -0.2) is 59.3 Å². The van der Waals surface area contributed by atoms with Gasteiger partial charge in [-0.2, -0.15) is 10.1 Å². The summed E-state index contributed by atoms with van der Waals surface area (Å²) in [6.45, 7) is 4.94. The van der Waals surface area contributed by atoms with Gasteiger partial charge in [-0.1, -0.05) is 37.1 Å². The van der Waals surface area contributed by atoms with E-state index in [0.717, 1.165) is 54.3 Å². The number of hydrogen-bond acceptors (Lipinski definition) is 6. The summed E-state index contributed by atoms with van der Waals surface area (Å²) in [5.74, 6) is -0.178. The van der Waals surface area contributed by atoms with E-state index in [1.165, 1.54) is 6.21 Å². The van der Waals surface area contributed by atoms with Gasteiger partial charge in [0.2, 0.25) is 0 Å².